The van der Waals surface area contributed by atoms with Crippen LogP contribution in [0.4, 0.5) is 17.6 Å². The normalized spacial score (nSPS) is 16.5. The van der Waals surface area contributed by atoms with Crippen molar-refractivity contribution in [2.75, 3.05) is 6.54 Å². The van der Waals surface area contributed by atoms with E-state index in [1.165, 1.54) is 19.0 Å². The molecule has 0 spiro atoms. The molecule has 2 rings (SSSR count). The maximum Gasteiger partial charge on any atom is 0.326 e. The number of aromatic nitrogens is 3. The molecule has 1 fully saturated rings. The minimum absolute atomic E-state index is 0.413. The van der Waals surface area contributed by atoms with E-state index >= 15 is 0 Å². The molecule has 1 N–H and O–H groups in total. The van der Waals surface area contributed by atoms with Crippen molar-refractivity contribution < 1.29 is 17.6 Å². The summed E-state index contributed by atoms with van der Waals surface area (Å²) in [6, 6.07) is 0. The van der Waals surface area contributed by atoms with E-state index in [0.717, 1.165) is 11.2 Å². The zero-order valence-corrected chi connectivity index (χ0v) is 9.62. The summed E-state index contributed by atoms with van der Waals surface area (Å²) in [5.74, 6) is -3.38. The summed E-state index contributed by atoms with van der Waals surface area (Å²) in [6.45, 7) is 0.122. The van der Waals surface area contributed by atoms with Gasteiger partial charge in [0.05, 0.1) is 5.69 Å². The van der Waals surface area contributed by atoms with Crippen LogP contribution in [0.15, 0.2) is 6.20 Å². The molecule has 0 atom stereocenters. The smallest absolute Gasteiger partial charge is 0.311 e. The van der Waals surface area contributed by atoms with Crippen molar-refractivity contribution in [1.29, 1.82) is 0 Å². The molecule has 0 amide bonds. The fourth-order valence-corrected chi connectivity index (χ4v) is 1.51. The van der Waals surface area contributed by atoms with Gasteiger partial charge in [0.15, 0.2) is 0 Å². The summed E-state index contributed by atoms with van der Waals surface area (Å²) in [4.78, 5) is 0. The van der Waals surface area contributed by atoms with Crippen molar-refractivity contribution in [3.8, 4) is 0 Å². The first-order chi connectivity index (χ1) is 8.47. The molecule has 0 aliphatic heterocycles. The molecule has 4 nitrogen and oxygen atoms in total. The Balaban J connectivity index is 1.81. The van der Waals surface area contributed by atoms with Crippen LogP contribution in [0.1, 0.15) is 18.5 Å². The number of nitrogens with zero attached hydrogens (tertiary/aromatic N) is 3. The lowest BCUT2D eigenvalue weighted by molar-refractivity contribution is -0.139. The third-order valence-corrected chi connectivity index (χ3v) is 2.71. The van der Waals surface area contributed by atoms with Gasteiger partial charge in [0.1, 0.15) is 6.54 Å². The molecule has 8 heteroatoms. The number of nitrogens with one attached hydrogen (secondary N) is 1. The van der Waals surface area contributed by atoms with Crippen LogP contribution in [0, 0.1) is 5.92 Å². The molecule has 0 aromatic carbocycles. The zero-order chi connectivity index (χ0) is 13.2. The van der Waals surface area contributed by atoms with Crippen molar-refractivity contribution in [2.24, 2.45) is 5.92 Å². The van der Waals surface area contributed by atoms with E-state index in [4.69, 9.17) is 0 Å². The number of alkyl halides is 4. The van der Waals surface area contributed by atoms with Crippen LogP contribution in [-0.2, 0) is 13.1 Å². The zero-order valence-electron chi connectivity index (χ0n) is 9.62. The van der Waals surface area contributed by atoms with Crippen molar-refractivity contribution in [1.82, 2.24) is 20.3 Å². The molecule has 18 heavy (non-hydrogen) atoms. The van der Waals surface area contributed by atoms with Gasteiger partial charge in [0, 0.05) is 12.7 Å². The highest BCUT2D eigenvalue weighted by Gasteiger charge is 2.41. The molecule has 1 aromatic heterocycles. The van der Waals surface area contributed by atoms with E-state index in [0.29, 0.717) is 18.2 Å². The predicted molar refractivity (Wildman–Crippen MR) is 55.4 cm³/mol. The van der Waals surface area contributed by atoms with Crippen LogP contribution in [0.2, 0.25) is 0 Å². The first-order valence-electron chi connectivity index (χ1n) is 5.73. The van der Waals surface area contributed by atoms with E-state index in [1.54, 1.807) is 0 Å². The number of rotatable bonds is 7. The van der Waals surface area contributed by atoms with Crippen LogP contribution < -0.4 is 5.32 Å². The molecule has 1 saturated carbocycles. The molecule has 0 bridgehead atoms. The first-order valence-corrected chi connectivity index (χ1v) is 5.73. The van der Waals surface area contributed by atoms with Crippen molar-refractivity contribution >= 4 is 0 Å². The Kier molecular flexibility index (Phi) is 3.84. The Labute approximate surface area is 101 Å². The summed E-state index contributed by atoms with van der Waals surface area (Å²) in [6.07, 6.45) is -0.0188. The third-order valence-electron chi connectivity index (χ3n) is 2.71. The lowest BCUT2D eigenvalue weighted by Crippen LogP contribution is -2.32. The molecule has 0 radical (unpaired) electrons. The third kappa shape index (κ3) is 3.66. The second kappa shape index (κ2) is 5.21. The lowest BCUT2D eigenvalue weighted by Gasteiger charge is -2.13. The number of hydrogen-bond acceptors (Lipinski definition) is 3. The van der Waals surface area contributed by atoms with E-state index in [9.17, 15) is 17.6 Å². The second-order valence-corrected chi connectivity index (χ2v) is 4.54. The van der Waals surface area contributed by atoms with Crippen molar-refractivity contribution in [3.63, 3.8) is 0 Å². The number of halogens is 4. The highest BCUT2D eigenvalue weighted by molar-refractivity contribution is 4.92. The Morgan fingerprint density at radius 3 is 2.78 bits per heavy atom. The van der Waals surface area contributed by atoms with Gasteiger partial charge in [-0.15, -0.1) is 5.10 Å². The van der Waals surface area contributed by atoms with Gasteiger partial charge in [-0.1, -0.05) is 5.21 Å². The minimum Gasteiger partial charge on any atom is -0.311 e. The molecule has 0 saturated heterocycles. The average molecular weight is 266 g/mol. The van der Waals surface area contributed by atoms with Gasteiger partial charge < -0.3 is 5.32 Å². The summed E-state index contributed by atoms with van der Waals surface area (Å²) >= 11 is 0. The molecule has 1 aliphatic carbocycles. The second-order valence-electron chi connectivity index (χ2n) is 4.54. The van der Waals surface area contributed by atoms with E-state index in [-0.39, 0.29) is 0 Å². The van der Waals surface area contributed by atoms with Crippen molar-refractivity contribution in [3.05, 3.63) is 11.9 Å². The standard InChI is InChI=1S/C10H14F4N4/c11-9(12)10(13,14)6-18-5-8(16-17-18)4-15-3-7-1-2-7/h5,7,9,15H,1-4,6H2. The highest BCUT2D eigenvalue weighted by atomic mass is 19.3. The minimum atomic E-state index is -4.08. The van der Waals surface area contributed by atoms with E-state index in [2.05, 4.69) is 15.6 Å². The molecule has 0 unspecified atom stereocenters. The maximum absolute atomic E-state index is 12.8. The lowest BCUT2D eigenvalue weighted by atomic mass is 10.3. The van der Waals surface area contributed by atoms with Gasteiger partial charge >= 0.3 is 12.3 Å². The Morgan fingerprint density at radius 2 is 2.17 bits per heavy atom. The monoisotopic (exact) mass is 266 g/mol. The molecule has 1 heterocycles. The largest absolute Gasteiger partial charge is 0.326 e. The summed E-state index contributed by atoms with van der Waals surface area (Å²) in [5.41, 5.74) is 0.473. The number of hydrogen-bond donors (Lipinski definition) is 1. The summed E-state index contributed by atoms with van der Waals surface area (Å²) in [5, 5.41) is 10.2. The highest BCUT2D eigenvalue weighted by Crippen LogP contribution is 2.27. The quantitative estimate of drug-likeness (QED) is 0.763. The van der Waals surface area contributed by atoms with Crippen LogP contribution in [0.3, 0.4) is 0 Å². The molecule has 1 aromatic rings. The van der Waals surface area contributed by atoms with Gasteiger partial charge in [0.2, 0.25) is 0 Å². The fraction of sp³-hybridized carbons (Fsp3) is 0.800. The van der Waals surface area contributed by atoms with Crippen LogP contribution in [0.25, 0.3) is 0 Å². The molecular formula is C10H14F4N4. The maximum atomic E-state index is 12.8. The van der Waals surface area contributed by atoms with Gasteiger partial charge in [-0.2, -0.15) is 8.78 Å². The van der Waals surface area contributed by atoms with Gasteiger partial charge in [0.25, 0.3) is 0 Å². The predicted octanol–water partition coefficient (Wildman–Crippen LogP) is 1.68. The molecule has 102 valence electrons. The van der Waals surface area contributed by atoms with Crippen LogP contribution in [0.5, 0.6) is 0 Å². The van der Waals surface area contributed by atoms with E-state index in [1.807, 2.05) is 0 Å². The summed E-state index contributed by atoms with van der Waals surface area (Å²) in [7, 11) is 0. The molecular weight excluding hydrogens is 252 g/mol. The van der Waals surface area contributed by atoms with Crippen molar-refractivity contribution in [2.45, 2.75) is 38.3 Å². The van der Waals surface area contributed by atoms with Gasteiger partial charge in [-0.05, 0) is 25.3 Å². The Bertz CT molecular complexity index is 389. The summed E-state index contributed by atoms with van der Waals surface area (Å²) < 4.78 is 50.2. The Hall–Kier alpha value is -1.18. The van der Waals surface area contributed by atoms with Crippen LogP contribution >= 0.6 is 0 Å². The van der Waals surface area contributed by atoms with Gasteiger partial charge in [-0.25, -0.2) is 13.5 Å². The molecule has 1 aliphatic rings. The SMILES string of the molecule is FC(F)C(F)(F)Cn1cc(CNCC2CC2)nn1. The van der Waals surface area contributed by atoms with Crippen LogP contribution in [-0.4, -0.2) is 33.9 Å². The van der Waals surface area contributed by atoms with Gasteiger partial charge in [-0.3, -0.25) is 0 Å². The average Bonchev–Trinajstić information content (AvgIpc) is 2.99. The topological polar surface area (TPSA) is 42.7 Å². The fourth-order valence-electron chi connectivity index (χ4n) is 1.51. The first kappa shape index (κ1) is 13.3. The Morgan fingerprint density at radius 1 is 1.44 bits per heavy atom. The van der Waals surface area contributed by atoms with E-state index < -0.39 is 18.9 Å².